The highest BCUT2D eigenvalue weighted by Crippen LogP contribution is 2.34. The maximum Gasteiger partial charge on any atom is 0.416 e. The number of nitrogens with zero attached hydrogens (tertiary/aromatic N) is 1. The van der Waals surface area contributed by atoms with Gasteiger partial charge in [0.15, 0.2) is 0 Å². The van der Waals surface area contributed by atoms with Gasteiger partial charge >= 0.3 is 12.1 Å². The fourth-order valence-electron chi connectivity index (χ4n) is 5.62. The van der Waals surface area contributed by atoms with Crippen molar-refractivity contribution in [3.8, 4) is 11.1 Å². The number of hydrogen-bond acceptors (Lipinski definition) is 3. The lowest BCUT2D eigenvalue weighted by Crippen LogP contribution is -2.27. The number of nitrogens with one attached hydrogen (secondary N) is 1. The molecule has 1 aromatic heterocycles. The number of fused-ring (bicyclic) bond motifs is 1. The molecule has 5 nitrogen and oxygen atoms in total. The first-order valence-corrected chi connectivity index (χ1v) is 15.6. The number of alkyl halides is 3. The van der Waals surface area contributed by atoms with Crippen molar-refractivity contribution < 1.29 is 27.5 Å². The van der Waals surface area contributed by atoms with Crippen molar-refractivity contribution in [2.75, 3.05) is 0 Å². The zero-order valence-corrected chi connectivity index (χ0v) is 27.8. The van der Waals surface area contributed by atoms with Crippen molar-refractivity contribution in [2.24, 2.45) is 0 Å². The van der Waals surface area contributed by atoms with Crippen LogP contribution in [0.3, 0.4) is 0 Å². The van der Waals surface area contributed by atoms with Gasteiger partial charge in [-0.15, -0.1) is 0 Å². The Balaban J connectivity index is 1.36. The van der Waals surface area contributed by atoms with Crippen LogP contribution in [0.5, 0.6) is 0 Å². The van der Waals surface area contributed by atoms with Crippen LogP contribution in [0.2, 0.25) is 5.02 Å². The van der Waals surface area contributed by atoms with Crippen molar-refractivity contribution in [2.45, 2.75) is 65.9 Å². The van der Waals surface area contributed by atoms with Crippen LogP contribution in [-0.4, -0.2) is 22.0 Å². The third-order valence-corrected chi connectivity index (χ3v) is 8.53. The van der Waals surface area contributed by atoms with Crippen LogP contribution in [0, 0.1) is 13.8 Å². The Kier molecular flexibility index (Phi) is 9.29. The van der Waals surface area contributed by atoms with Crippen molar-refractivity contribution in [3.63, 3.8) is 0 Å². The molecule has 0 radical (unpaired) electrons. The molecule has 1 atom stereocenters. The van der Waals surface area contributed by atoms with Crippen molar-refractivity contribution >= 4 is 34.4 Å². The van der Waals surface area contributed by atoms with Crippen LogP contribution < -0.4 is 5.32 Å². The average molecular weight is 661 g/mol. The number of carbonyl (C=O) groups excluding carboxylic acids is 2. The second kappa shape index (κ2) is 12.9. The van der Waals surface area contributed by atoms with Gasteiger partial charge in [0.05, 0.1) is 17.2 Å². The summed E-state index contributed by atoms with van der Waals surface area (Å²) in [6.45, 7) is 11.7. The minimum atomic E-state index is -4.52. The fraction of sp³-hybridized carbons (Fsp3) is 0.263. The average Bonchev–Trinajstić information content (AvgIpc) is 3.24. The third kappa shape index (κ3) is 7.38. The molecule has 0 aliphatic heterocycles. The monoisotopic (exact) mass is 660 g/mol. The molecular formula is C38H36ClF3N2O3. The van der Waals surface area contributed by atoms with Crippen LogP contribution in [0.1, 0.15) is 82.4 Å². The number of aryl methyl sites for hydroxylation is 1. The van der Waals surface area contributed by atoms with Gasteiger partial charge in [-0.1, -0.05) is 54.1 Å². The van der Waals surface area contributed by atoms with Gasteiger partial charge in [-0.05, 0) is 112 Å². The van der Waals surface area contributed by atoms with E-state index in [0.717, 1.165) is 51.0 Å². The Labute approximate surface area is 277 Å². The molecule has 4 aromatic carbocycles. The van der Waals surface area contributed by atoms with E-state index in [0.29, 0.717) is 17.7 Å². The molecule has 1 heterocycles. The number of hydrogen-bond donors (Lipinski definition) is 1. The summed E-state index contributed by atoms with van der Waals surface area (Å²) >= 11 is 6.20. The summed E-state index contributed by atoms with van der Waals surface area (Å²) in [5, 5.41) is 3.84. The summed E-state index contributed by atoms with van der Waals surface area (Å²) in [4.78, 5) is 26.1. The van der Waals surface area contributed by atoms with Gasteiger partial charge in [0.2, 0.25) is 0 Å². The lowest BCUT2D eigenvalue weighted by atomic mass is 9.98. The summed E-state index contributed by atoms with van der Waals surface area (Å²) in [5.74, 6) is -0.788. The van der Waals surface area contributed by atoms with Gasteiger partial charge < -0.3 is 14.6 Å². The van der Waals surface area contributed by atoms with E-state index in [1.807, 2.05) is 83.1 Å². The summed E-state index contributed by atoms with van der Waals surface area (Å²) < 4.78 is 47.6. The van der Waals surface area contributed by atoms with E-state index >= 15 is 0 Å². The highest BCUT2D eigenvalue weighted by atomic mass is 35.5. The van der Waals surface area contributed by atoms with Crippen LogP contribution >= 0.6 is 11.6 Å². The van der Waals surface area contributed by atoms with Gasteiger partial charge in [0.1, 0.15) is 5.60 Å². The number of halogens is 4. The zero-order chi connectivity index (χ0) is 34.3. The smallest absolute Gasteiger partial charge is 0.416 e. The molecule has 0 saturated carbocycles. The molecular weight excluding hydrogens is 625 g/mol. The van der Waals surface area contributed by atoms with E-state index in [4.69, 9.17) is 16.3 Å². The van der Waals surface area contributed by atoms with Crippen molar-refractivity contribution in [1.29, 1.82) is 0 Å². The lowest BCUT2D eigenvalue weighted by Gasteiger charge is -2.20. The molecule has 1 unspecified atom stereocenters. The molecule has 0 aliphatic rings. The Hall–Kier alpha value is -4.56. The van der Waals surface area contributed by atoms with Crippen LogP contribution in [0.15, 0.2) is 84.9 Å². The second-order valence-corrected chi connectivity index (χ2v) is 13.1. The van der Waals surface area contributed by atoms with Gasteiger partial charge in [0, 0.05) is 33.7 Å². The number of ether oxygens (including phenoxy) is 1. The number of esters is 1. The maximum absolute atomic E-state index is 13.3. The predicted molar refractivity (Wildman–Crippen MR) is 180 cm³/mol. The molecule has 0 saturated heterocycles. The van der Waals surface area contributed by atoms with E-state index in [1.54, 1.807) is 25.1 Å². The number of rotatable bonds is 7. The van der Waals surface area contributed by atoms with Crippen LogP contribution in [0.25, 0.3) is 22.0 Å². The van der Waals surface area contributed by atoms with Gasteiger partial charge in [-0.3, -0.25) is 4.79 Å². The van der Waals surface area contributed by atoms with E-state index in [1.165, 1.54) is 6.07 Å². The van der Waals surface area contributed by atoms with Crippen LogP contribution in [0.4, 0.5) is 13.2 Å². The maximum atomic E-state index is 13.3. The van der Waals surface area contributed by atoms with Crippen molar-refractivity contribution in [3.05, 3.63) is 129 Å². The largest absolute Gasteiger partial charge is 0.456 e. The number of carbonyl (C=O) groups is 2. The highest BCUT2D eigenvalue weighted by Gasteiger charge is 2.31. The van der Waals surface area contributed by atoms with Gasteiger partial charge in [-0.2, -0.15) is 13.2 Å². The van der Waals surface area contributed by atoms with E-state index in [-0.39, 0.29) is 16.6 Å². The Morgan fingerprint density at radius 3 is 2.26 bits per heavy atom. The molecule has 1 amide bonds. The summed E-state index contributed by atoms with van der Waals surface area (Å²) in [5.41, 5.74) is 5.41. The SMILES string of the molecule is Cc1c(C)n(Cc2ccc(-c3ccccc3C(=O)OC(C)(C)C)cc2)c2ccc(C(=O)NC(C)c3cc(C(F)(F)F)ccc3Cl)cc12. The molecule has 0 bridgehead atoms. The lowest BCUT2D eigenvalue weighted by molar-refractivity contribution is -0.137. The first-order chi connectivity index (χ1) is 22.0. The van der Waals surface area contributed by atoms with Crippen molar-refractivity contribution in [1.82, 2.24) is 9.88 Å². The number of amides is 1. The Morgan fingerprint density at radius 2 is 1.60 bits per heavy atom. The quantitative estimate of drug-likeness (QED) is 0.177. The topological polar surface area (TPSA) is 60.3 Å². The summed E-state index contributed by atoms with van der Waals surface area (Å²) in [6.07, 6.45) is -4.52. The predicted octanol–water partition coefficient (Wildman–Crippen LogP) is 10.1. The minimum absolute atomic E-state index is 0.144. The Morgan fingerprint density at radius 1 is 0.915 bits per heavy atom. The molecule has 5 aromatic rings. The number of benzene rings is 4. The van der Waals surface area contributed by atoms with E-state index in [2.05, 4.69) is 9.88 Å². The molecule has 1 N–H and O–H groups in total. The molecule has 0 fully saturated rings. The first kappa shape index (κ1) is 33.8. The van der Waals surface area contributed by atoms with Crippen LogP contribution in [-0.2, 0) is 17.5 Å². The summed E-state index contributed by atoms with van der Waals surface area (Å²) in [7, 11) is 0. The minimum Gasteiger partial charge on any atom is -0.456 e. The standard InChI is InChI=1S/C38H36ClF3N2O3/c1-22-24(3)44(21-25-11-13-26(14-12-25)29-9-7-8-10-30(29)36(46)47-37(4,5)6)34-18-15-27(19-31(22)34)35(45)43-23(2)32-20-28(38(40,41)42)16-17-33(32)39/h7-20,23H,21H2,1-6H3,(H,43,45). The summed E-state index contributed by atoms with van der Waals surface area (Å²) in [6, 6.07) is 23.2. The van der Waals surface area contributed by atoms with E-state index < -0.39 is 29.3 Å². The molecule has 47 heavy (non-hydrogen) atoms. The molecule has 0 spiro atoms. The third-order valence-electron chi connectivity index (χ3n) is 8.19. The first-order valence-electron chi connectivity index (χ1n) is 15.2. The molecule has 0 aliphatic carbocycles. The highest BCUT2D eigenvalue weighted by molar-refractivity contribution is 6.31. The molecule has 244 valence electrons. The number of aromatic nitrogens is 1. The van der Waals surface area contributed by atoms with E-state index in [9.17, 15) is 22.8 Å². The van der Waals surface area contributed by atoms with Gasteiger partial charge in [-0.25, -0.2) is 4.79 Å². The zero-order valence-electron chi connectivity index (χ0n) is 27.1. The van der Waals surface area contributed by atoms with Gasteiger partial charge in [0.25, 0.3) is 5.91 Å². The second-order valence-electron chi connectivity index (χ2n) is 12.7. The normalized spacial score (nSPS) is 12.6. The Bertz CT molecular complexity index is 1970. The fourth-order valence-corrected chi connectivity index (χ4v) is 5.90. The molecule has 5 rings (SSSR count). The molecule has 9 heteroatoms.